The molecule has 0 spiro atoms. The summed E-state index contributed by atoms with van der Waals surface area (Å²) in [4.78, 5) is 28.7. The van der Waals surface area contributed by atoms with Crippen LogP contribution in [-0.2, 0) is 0 Å². The Bertz CT molecular complexity index is 1750. The van der Waals surface area contributed by atoms with Gasteiger partial charge in [0.25, 0.3) is 5.69 Å². The quantitative estimate of drug-likeness (QED) is 0.124. The number of rotatable bonds is 4. The molecule has 11 heteroatoms. The van der Waals surface area contributed by atoms with Crippen LogP contribution in [0.1, 0.15) is 0 Å². The molecule has 0 aliphatic carbocycles. The van der Waals surface area contributed by atoms with Gasteiger partial charge >= 0.3 is 5.69 Å². The molecule has 41 heavy (non-hydrogen) atoms. The van der Waals surface area contributed by atoms with Gasteiger partial charge < -0.3 is 11.1 Å². The highest BCUT2D eigenvalue weighted by molar-refractivity contribution is 6.32. The maximum Gasteiger partial charge on any atom is 0.311 e. The molecule has 10 nitrogen and oxygen atoms in total. The number of pyridine rings is 2. The number of halogens is 1. The minimum absolute atomic E-state index is 0.0347. The SMILES string of the molecule is Nc1ccc(Cl)c([N+](=O)[O-])c1.O=[N+]([O-])c1cnc2ccccc2c1Nc1ccccc1.c1ccc2ncccc2c1. The topological polar surface area (TPSA) is 150 Å². The molecule has 0 unspecified atom stereocenters. The predicted octanol–water partition coefficient (Wildman–Crippen LogP) is 7.95. The second-order valence-electron chi connectivity index (χ2n) is 8.45. The number of nitrogens with two attached hydrogens (primary N) is 1. The molecule has 0 atom stereocenters. The lowest BCUT2D eigenvalue weighted by Crippen LogP contribution is -1.99. The van der Waals surface area contributed by atoms with Gasteiger partial charge in [-0.1, -0.05) is 72.3 Å². The van der Waals surface area contributed by atoms with E-state index in [9.17, 15) is 20.2 Å². The standard InChI is InChI=1S/C15H11N3O2.C9H7N.C6H5ClN2O2/c19-18(20)14-10-16-13-9-5-4-8-12(13)15(14)17-11-6-2-1-3-7-11;1-2-6-9-8(4-1)5-3-7-10-9;7-5-2-1-4(8)3-6(5)9(10)11/h1-10H,(H,16,17);1-7H;1-3H,8H2. The van der Waals surface area contributed by atoms with Crippen LogP contribution in [-0.4, -0.2) is 19.8 Å². The molecule has 0 aliphatic rings. The molecule has 2 heterocycles. The van der Waals surface area contributed by atoms with Crippen LogP contribution in [0.25, 0.3) is 21.8 Å². The smallest absolute Gasteiger partial charge is 0.311 e. The predicted molar refractivity (Wildman–Crippen MR) is 162 cm³/mol. The number of hydrogen-bond donors (Lipinski definition) is 2. The summed E-state index contributed by atoms with van der Waals surface area (Å²) in [6.07, 6.45) is 3.09. The molecular weight excluding hydrogens is 544 g/mol. The molecule has 0 amide bonds. The van der Waals surface area contributed by atoms with Gasteiger partial charge in [0, 0.05) is 34.4 Å². The van der Waals surface area contributed by atoms with Crippen molar-refractivity contribution in [2.45, 2.75) is 0 Å². The van der Waals surface area contributed by atoms with E-state index in [0.29, 0.717) is 11.4 Å². The van der Waals surface area contributed by atoms with Crippen LogP contribution in [0, 0.1) is 20.2 Å². The minimum atomic E-state index is -0.571. The third-order valence-electron chi connectivity index (χ3n) is 5.67. The van der Waals surface area contributed by atoms with E-state index in [1.807, 2.05) is 85.1 Å². The summed E-state index contributed by atoms with van der Waals surface area (Å²) in [5.74, 6) is 0. The lowest BCUT2D eigenvalue weighted by Gasteiger charge is -2.09. The van der Waals surface area contributed by atoms with Crippen molar-refractivity contribution in [2.75, 3.05) is 11.1 Å². The van der Waals surface area contributed by atoms with Gasteiger partial charge in [-0.25, -0.2) is 4.98 Å². The Morgan fingerprint density at radius 1 is 0.707 bits per heavy atom. The van der Waals surface area contributed by atoms with E-state index in [1.54, 1.807) is 0 Å². The van der Waals surface area contributed by atoms with Gasteiger partial charge in [0.05, 0.1) is 20.9 Å². The van der Waals surface area contributed by atoms with E-state index < -0.39 is 9.85 Å². The lowest BCUT2D eigenvalue weighted by atomic mass is 10.1. The third-order valence-corrected chi connectivity index (χ3v) is 5.99. The summed E-state index contributed by atoms with van der Waals surface area (Å²) in [6, 6.07) is 32.9. The molecule has 0 fully saturated rings. The number of aromatic nitrogens is 2. The van der Waals surface area contributed by atoms with Gasteiger partial charge in [0.15, 0.2) is 0 Å². The molecule has 0 saturated carbocycles. The van der Waals surface area contributed by atoms with Crippen molar-refractivity contribution >= 4 is 61.8 Å². The maximum atomic E-state index is 11.2. The number of nitrogen functional groups attached to an aromatic ring is 1. The second-order valence-corrected chi connectivity index (χ2v) is 8.85. The molecule has 6 rings (SSSR count). The molecule has 4 aromatic carbocycles. The minimum Gasteiger partial charge on any atom is -0.399 e. The van der Waals surface area contributed by atoms with Crippen molar-refractivity contribution in [2.24, 2.45) is 0 Å². The first-order chi connectivity index (χ1) is 19.8. The fourth-order valence-electron chi connectivity index (χ4n) is 3.75. The fraction of sp³-hybridized carbons (Fsp3) is 0. The molecule has 0 bridgehead atoms. The van der Waals surface area contributed by atoms with Crippen LogP contribution >= 0.6 is 11.6 Å². The second kappa shape index (κ2) is 13.5. The zero-order valence-corrected chi connectivity index (χ0v) is 22.2. The Hall–Kier alpha value is -5.61. The van der Waals surface area contributed by atoms with Gasteiger partial charge in [0.1, 0.15) is 16.9 Å². The zero-order valence-electron chi connectivity index (χ0n) is 21.4. The number of fused-ring (bicyclic) bond motifs is 2. The Kier molecular flexibility index (Phi) is 9.32. The van der Waals surface area contributed by atoms with E-state index in [0.717, 1.165) is 22.1 Å². The lowest BCUT2D eigenvalue weighted by molar-refractivity contribution is -0.384. The number of anilines is 3. The van der Waals surface area contributed by atoms with E-state index in [4.69, 9.17) is 17.3 Å². The molecule has 0 radical (unpaired) electrons. The van der Waals surface area contributed by atoms with Gasteiger partial charge in [-0.2, -0.15) is 0 Å². The molecule has 204 valence electrons. The average molecular weight is 567 g/mol. The average Bonchev–Trinajstić information content (AvgIpc) is 2.99. The number of nitro benzene ring substituents is 1. The van der Waals surface area contributed by atoms with Crippen molar-refractivity contribution < 1.29 is 9.85 Å². The molecule has 2 aromatic heterocycles. The number of nitrogens with one attached hydrogen (secondary N) is 1. The fourth-order valence-corrected chi connectivity index (χ4v) is 3.94. The monoisotopic (exact) mass is 566 g/mol. The van der Waals surface area contributed by atoms with E-state index in [1.165, 1.54) is 29.8 Å². The van der Waals surface area contributed by atoms with Gasteiger partial charge in [-0.15, -0.1) is 0 Å². The van der Waals surface area contributed by atoms with Crippen molar-refractivity contribution in [3.8, 4) is 0 Å². The Labute approximate surface area is 239 Å². The van der Waals surface area contributed by atoms with E-state index in [-0.39, 0.29) is 16.4 Å². The largest absolute Gasteiger partial charge is 0.399 e. The van der Waals surface area contributed by atoms with E-state index >= 15 is 0 Å². The number of para-hydroxylation sites is 3. The van der Waals surface area contributed by atoms with Crippen molar-refractivity contribution in [1.29, 1.82) is 0 Å². The third kappa shape index (κ3) is 7.49. The van der Waals surface area contributed by atoms with E-state index in [2.05, 4.69) is 27.4 Å². The molecule has 6 aromatic rings. The summed E-state index contributed by atoms with van der Waals surface area (Å²) in [5.41, 5.74) is 8.48. The van der Waals surface area contributed by atoms with Crippen LogP contribution in [0.2, 0.25) is 5.02 Å². The maximum absolute atomic E-state index is 11.2. The summed E-state index contributed by atoms with van der Waals surface area (Å²) in [5, 5.41) is 26.6. The highest BCUT2D eigenvalue weighted by Gasteiger charge is 2.18. The first-order valence-electron chi connectivity index (χ1n) is 12.2. The summed E-state index contributed by atoms with van der Waals surface area (Å²) >= 11 is 5.49. The molecule has 3 N–H and O–H groups in total. The van der Waals surface area contributed by atoms with Gasteiger partial charge in [0.2, 0.25) is 0 Å². The van der Waals surface area contributed by atoms with Gasteiger partial charge in [-0.05, 0) is 42.5 Å². The summed E-state index contributed by atoms with van der Waals surface area (Å²) in [6.45, 7) is 0. The van der Waals surface area contributed by atoms with Gasteiger partial charge in [-0.3, -0.25) is 25.2 Å². The van der Waals surface area contributed by atoms with Crippen LogP contribution < -0.4 is 11.1 Å². The van der Waals surface area contributed by atoms with Crippen molar-refractivity contribution in [3.63, 3.8) is 0 Å². The normalized spacial score (nSPS) is 10.1. The molecule has 0 saturated heterocycles. The zero-order chi connectivity index (χ0) is 29.2. The van der Waals surface area contributed by atoms with Crippen molar-refractivity contribution in [1.82, 2.24) is 9.97 Å². The summed E-state index contributed by atoms with van der Waals surface area (Å²) in [7, 11) is 0. The summed E-state index contributed by atoms with van der Waals surface area (Å²) < 4.78 is 0. The van der Waals surface area contributed by atoms with Crippen LogP contribution in [0.4, 0.5) is 28.4 Å². The highest BCUT2D eigenvalue weighted by Crippen LogP contribution is 2.33. The molecular formula is C30H23ClN6O4. The van der Waals surface area contributed by atoms with Crippen LogP contribution in [0.5, 0.6) is 0 Å². The number of nitrogens with zero attached hydrogens (tertiary/aromatic N) is 4. The Morgan fingerprint density at radius 2 is 1.34 bits per heavy atom. The Morgan fingerprint density at radius 3 is 2.02 bits per heavy atom. The number of nitro groups is 2. The Balaban J connectivity index is 0.000000156. The first kappa shape index (κ1) is 28.4. The number of benzene rings is 4. The van der Waals surface area contributed by atoms with Crippen molar-refractivity contribution in [3.05, 3.63) is 147 Å². The number of hydrogen-bond acceptors (Lipinski definition) is 8. The first-order valence-corrected chi connectivity index (χ1v) is 12.5. The van der Waals surface area contributed by atoms with Crippen LogP contribution in [0.3, 0.4) is 0 Å². The highest BCUT2D eigenvalue weighted by atomic mass is 35.5. The van der Waals surface area contributed by atoms with Crippen LogP contribution in [0.15, 0.2) is 122 Å². The molecule has 0 aliphatic heterocycles.